The van der Waals surface area contributed by atoms with E-state index in [9.17, 15) is 64.8 Å². The summed E-state index contributed by atoms with van der Waals surface area (Å²) in [7, 11) is -24.1. The Kier molecular flexibility index (Phi) is 7.26. The van der Waals surface area contributed by atoms with Gasteiger partial charge in [-0.2, -0.15) is 0 Å². The molecule has 0 atom stereocenters. The third kappa shape index (κ3) is 3.47. The molecule has 0 fully saturated rings. The van der Waals surface area contributed by atoms with E-state index in [4.69, 9.17) is 0 Å². The van der Waals surface area contributed by atoms with Gasteiger partial charge in [-0.3, -0.25) is 0 Å². The van der Waals surface area contributed by atoms with Crippen molar-refractivity contribution in [1.82, 2.24) is 0 Å². The van der Waals surface area contributed by atoms with Crippen LogP contribution in [0, 0.1) is 0 Å². The van der Waals surface area contributed by atoms with Crippen LogP contribution >= 0.6 is 0 Å². The molecule has 0 aliphatic carbocycles. The van der Waals surface area contributed by atoms with Crippen LogP contribution in [0.1, 0.15) is 0 Å². The average Bonchev–Trinajstić information content (AvgIpc) is 2.22. The topological polar surface area (TPSA) is 102 Å². The molecule has 136 valence electrons. The van der Waals surface area contributed by atoms with Gasteiger partial charge in [0.1, 0.15) is 0 Å². The van der Waals surface area contributed by atoms with Crippen molar-refractivity contribution in [3.8, 4) is 0 Å². The molecular formula is C4HF9Li2O6S3. The van der Waals surface area contributed by atoms with E-state index in [0.29, 0.717) is 0 Å². The second-order valence-corrected chi connectivity index (χ2v) is 11.3. The van der Waals surface area contributed by atoms with E-state index in [0.717, 1.165) is 0 Å². The van der Waals surface area contributed by atoms with Gasteiger partial charge in [-0.1, -0.05) is 0 Å². The fourth-order valence-corrected chi connectivity index (χ4v) is 7.49. The molecule has 24 heavy (non-hydrogen) atoms. The fourth-order valence-electron chi connectivity index (χ4n) is 1.06. The molecule has 0 aromatic rings. The van der Waals surface area contributed by atoms with E-state index in [1.807, 2.05) is 0 Å². The molecule has 0 aromatic carbocycles. The summed E-state index contributed by atoms with van der Waals surface area (Å²) in [4.78, 5) is 0. The van der Waals surface area contributed by atoms with Crippen molar-refractivity contribution in [2.75, 3.05) is 0 Å². The third-order valence-corrected chi connectivity index (χ3v) is 11.1. The second kappa shape index (κ2) is 6.54. The summed E-state index contributed by atoms with van der Waals surface area (Å²) >= 11 is -1.35. The van der Waals surface area contributed by atoms with Gasteiger partial charge in [-0.05, 0) is 0 Å². The van der Waals surface area contributed by atoms with E-state index >= 15 is 0 Å². The summed E-state index contributed by atoms with van der Waals surface area (Å²) in [6.07, 6.45) is 0. The Hall–Kier alpha value is 0.415. The van der Waals surface area contributed by atoms with Gasteiger partial charge in [0.15, 0.2) is 0 Å². The molecule has 0 aliphatic rings. The van der Waals surface area contributed by atoms with Crippen molar-refractivity contribution < 1.29 is 64.8 Å². The Labute approximate surface area is 149 Å². The van der Waals surface area contributed by atoms with Crippen LogP contribution in [0.4, 0.5) is 39.5 Å². The standard InChI is InChI=1S/C4F9O6S3.2Li.H/c5-2(6,7)20(14,15)1(21(16,17)3(8,9)10)22(18,19)4(11,12)13;;;. The first-order valence-corrected chi connectivity index (χ1v) is 8.88. The second-order valence-electron chi connectivity index (χ2n) is 3.71. The van der Waals surface area contributed by atoms with E-state index < -0.39 is 65.8 Å². The SMILES string of the molecule is [LiH].[Li][C](S(=O)(=O)C(F)(F)F)(S(=O)(=O)C(F)(F)F)S(=O)(=O)C(F)(F)F. The molecule has 0 rings (SSSR count). The monoisotopic (exact) mass is 426 g/mol. The van der Waals surface area contributed by atoms with Gasteiger partial charge in [0.25, 0.3) is 0 Å². The maximum atomic E-state index is 12.3. The molecule has 0 aromatic heterocycles. The summed E-state index contributed by atoms with van der Waals surface area (Å²) in [6, 6.07) is 0. The van der Waals surface area contributed by atoms with Crippen LogP contribution in [-0.2, 0) is 29.5 Å². The van der Waals surface area contributed by atoms with Crippen LogP contribution in [0.5, 0.6) is 0 Å². The van der Waals surface area contributed by atoms with Gasteiger partial charge in [0.05, 0.1) is 0 Å². The number of hydrogen-bond donors (Lipinski definition) is 0. The predicted octanol–water partition coefficient (Wildman–Crippen LogP) is -0.0785. The Morgan fingerprint density at radius 3 is 0.708 bits per heavy atom. The maximum absolute atomic E-state index is 12.3. The molecule has 0 amide bonds. The van der Waals surface area contributed by atoms with E-state index in [1.54, 1.807) is 0 Å². The number of alkyl halides is 9. The summed E-state index contributed by atoms with van der Waals surface area (Å²) < 4.78 is 170. The Bertz CT molecular complexity index is 678. The number of rotatable bonds is 3. The Morgan fingerprint density at radius 2 is 0.625 bits per heavy atom. The molecule has 0 saturated heterocycles. The first-order valence-electron chi connectivity index (χ1n) is 4.43. The van der Waals surface area contributed by atoms with Crippen molar-refractivity contribution in [3.05, 3.63) is 0 Å². The zero-order valence-corrected chi connectivity index (χ0v) is 12.5. The molecule has 0 bridgehead atoms. The average molecular weight is 426 g/mol. The zero-order valence-electron chi connectivity index (χ0n) is 10.1. The summed E-state index contributed by atoms with van der Waals surface area (Å²) in [5.74, 6) is 0. The third-order valence-electron chi connectivity index (χ3n) is 2.38. The molecule has 0 unspecified atom stereocenters. The Morgan fingerprint density at radius 1 is 0.500 bits per heavy atom. The molecule has 0 radical (unpaired) electrons. The van der Waals surface area contributed by atoms with Crippen LogP contribution in [0.2, 0.25) is 0 Å². The van der Waals surface area contributed by atoms with Crippen molar-refractivity contribution in [3.63, 3.8) is 0 Å². The molecule has 6 nitrogen and oxygen atoms in total. The minimum absolute atomic E-state index is 0. The first kappa shape index (κ1) is 26.6. The van der Waals surface area contributed by atoms with Gasteiger partial charge in [0.2, 0.25) is 0 Å². The molecule has 0 aliphatic heterocycles. The summed E-state index contributed by atoms with van der Waals surface area (Å²) in [5.41, 5.74) is -21.2. The molecule has 0 heterocycles. The zero-order chi connectivity index (χ0) is 19.5. The quantitative estimate of drug-likeness (QED) is 0.462. The van der Waals surface area contributed by atoms with Crippen LogP contribution in [0.3, 0.4) is 0 Å². The fraction of sp³-hybridized carbons (Fsp3) is 1.00. The minimum atomic E-state index is -8.04. The van der Waals surface area contributed by atoms with Crippen LogP contribution in [-0.4, -0.2) is 80.4 Å². The molecule has 0 spiro atoms. The number of halogens is 9. The van der Waals surface area contributed by atoms with E-state index in [1.165, 1.54) is 0 Å². The van der Waals surface area contributed by atoms with Gasteiger partial charge in [-0.15, -0.1) is 0 Å². The predicted molar refractivity (Wildman–Crippen MR) is 60.6 cm³/mol. The normalized spacial score (nSPS) is 15.8. The molecular weight excluding hydrogens is 425 g/mol. The van der Waals surface area contributed by atoms with Crippen LogP contribution in [0.15, 0.2) is 0 Å². The van der Waals surface area contributed by atoms with Crippen molar-refractivity contribution in [2.45, 2.75) is 18.6 Å². The Balaban J connectivity index is 0. The van der Waals surface area contributed by atoms with E-state index in [-0.39, 0.29) is 18.9 Å². The molecule has 0 N–H and O–H groups in total. The van der Waals surface area contributed by atoms with Gasteiger partial charge >= 0.3 is 149 Å². The van der Waals surface area contributed by atoms with Crippen molar-refractivity contribution in [1.29, 1.82) is 0 Å². The van der Waals surface area contributed by atoms with Crippen LogP contribution < -0.4 is 0 Å². The van der Waals surface area contributed by atoms with Crippen molar-refractivity contribution in [2.24, 2.45) is 0 Å². The van der Waals surface area contributed by atoms with E-state index in [2.05, 4.69) is 0 Å². The molecule has 0 saturated carbocycles. The summed E-state index contributed by atoms with van der Waals surface area (Å²) in [6.45, 7) is 0. The first-order chi connectivity index (χ1) is 9.50. The number of sulfone groups is 3. The van der Waals surface area contributed by atoms with Gasteiger partial charge < -0.3 is 0 Å². The number of hydrogen-bond acceptors (Lipinski definition) is 6. The van der Waals surface area contributed by atoms with Crippen LogP contribution in [0.25, 0.3) is 0 Å². The van der Waals surface area contributed by atoms with Gasteiger partial charge in [0, 0.05) is 0 Å². The van der Waals surface area contributed by atoms with Crippen molar-refractivity contribution >= 4 is 66.1 Å². The molecule has 20 heteroatoms. The van der Waals surface area contributed by atoms with Gasteiger partial charge in [-0.25, -0.2) is 0 Å². The summed E-state index contributed by atoms with van der Waals surface area (Å²) in [5, 5.41) is 0.